The lowest BCUT2D eigenvalue weighted by Gasteiger charge is -2.20. The second-order valence-corrected chi connectivity index (χ2v) is 5.99. The van der Waals surface area contributed by atoms with Crippen molar-refractivity contribution in [2.45, 2.75) is 44.7 Å². The van der Waals surface area contributed by atoms with E-state index in [-0.39, 0.29) is 5.54 Å². The predicted octanol–water partition coefficient (Wildman–Crippen LogP) is 2.52. The Hall–Kier alpha value is -0.860. The van der Waals surface area contributed by atoms with Gasteiger partial charge in [0.25, 0.3) is 0 Å². The molecule has 0 aromatic heterocycles. The number of hydrogen-bond donors (Lipinski definition) is 2. The van der Waals surface area contributed by atoms with Crippen molar-refractivity contribution in [2.75, 3.05) is 13.1 Å². The van der Waals surface area contributed by atoms with Crippen molar-refractivity contribution in [3.8, 4) is 0 Å². The molecule has 0 saturated heterocycles. The maximum Gasteiger partial charge on any atom is 0.0143 e. The number of rotatable bonds is 5. The standard InChI is InChI=1S/C15H24N2/c1-15(2,3)17-10-9-16-14-11-13(14)12-7-5-4-6-8-12/h4-8,13-14,16-17H,9-11H2,1-3H3/t13-,14+/m0/s1. The van der Waals surface area contributed by atoms with Crippen LogP contribution in [0.2, 0.25) is 0 Å². The summed E-state index contributed by atoms with van der Waals surface area (Å²) in [5.41, 5.74) is 1.71. The van der Waals surface area contributed by atoms with E-state index in [1.165, 1.54) is 12.0 Å². The Kier molecular flexibility index (Phi) is 3.85. The highest BCUT2D eigenvalue weighted by molar-refractivity contribution is 5.27. The Morgan fingerprint density at radius 3 is 2.47 bits per heavy atom. The summed E-state index contributed by atoms with van der Waals surface area (Å²) in [5, 5.41) is 7.11. The number of nitrogens with one attached hydrogen (secondary N) is 2. The molecule has 2 nitrogen and oxygen atoms in total. The van der Waals surface area contributed by atoms with E-state index >= 15 is 0 Å². The van der Waals surface area contributed by atoms with Crippen molar-refractivity contribution in [3.63, 3.8) is 0 Å². The fraction of sp³-hybridized carbons (Fsp3) is 0.600. The zero-order chi connectivity index (χ0) is 12.3. The summed E-state index contributed by atoms with van der Waals surface area (Å²) in [6.45, 7) is 8.72. The van der Waals surface area contributed by atoms with Crippen LogP contribution in [-0.4, -0.2) is 24.7 Å². The minimum atomic E-state index is 0.226. The van der Waals surface area contributed by atoms with E-state index in [2.05, 4.69) is 61.7 Å². The first-order valence-electron chi connectivity index (χ1n) is 6.59. The second kappa shape index (κ2) is 5.19. The second-order valence-electron chi connectivity index (χ2n) is 5.99. The van der Waals surface area contributed by atoms with Crippen molar-refractivity contribution in [2.24, 2.45) is 0 Å². The van der Waals surface area contributed by atoms with E-state index in [9.17, 15) is 0 Å². The molecule has 0 unspecified atom stereocenters. The fourth-order valence-corrected chi connectivity index (χ4v) is 2.18. The van der Waals surface area contributed by atoms with E-state index in [4.69, 9.17) is 0 Å². The van der Waals surface area contributed by atoms with Gasteiger partial charge in [-0.05, 0) is 32.8 Å². The van der Waals surface area contributed by atoms with Gasteiger partial charge in [0, 0.05) is 30.6 Å². The molecule has 17 heavy (non-hydrogen) atoms. The largest absolute Gasteiger partial charge is 0.312 e. The molecule has 0 aliphatic heterocycles. The van der Waals surface area contributed by atoms with Crippen LogP contribution in [0.1, 0.15) is 38.7 Å². The van der Waals surface area contributed by atoms with Crippen molar-refractivity contribution in [1.82, 2.24) is 10.6 Å². The Labute approximate surface area is 105 Å². The molecule has 0 spiro atoms. The molecule has 2 heteroatoms. The van der Waals surface area contributed by atoms with Crippen LogP contribution in [0, 0.1) is 0 Å². The van der Waals surface area contributed by atoms with Gasteiger partial charge in [-0.3, -0.25) is 0 Å². The average molecular weight is 232 g/mol. The predicted molar refractivity (Wildman–Crippen MR) is 73.3 cm³/mol. The normalized spacial score (nSPS) is 23.7. The highest BCUT2D eigenvalue weighted by Crippen LogP contribution is 2.40. The lowest BCUT2D eigenvalue weighted by atomic mass is 10.1. The van der Waals surface area contributed by atoms with Gasteiger partial charge in [-0.25, -0.2) is 0 Å². The minimum absolute atomic E-state index is 0.226. The van der Waals surface area contributed by atoms with Gasteiger partial charge in [0.05, 0.1) is 0 Å². The molecule has 0 heterocycles. The third kappa shape index (κ3) is 4.14. The molecular weight excluding hydrogens is 208 g/mol. The third-order valence-corrected chi connectivity index (χ3v) is 3.21. The first-order chi connectivity index (χ1) is 8.06. The molecule has 2 atom stereocenters. The summed E-state index contributed by atoms with van der Waals surface area (Å²) in [6, 6.07) is 11.5. The van der Waals surface area contributed by atoms with Gasteiger partial charge in [0.2, 0.25) is 0 Å². The van der Waals surface area contributed by atoms with Crippen LogP contribution in [-0.2, 0) is 0 Å². The van der Waals surface area contributed by atoms with Crippen LogP contribution in [0.3, 0.4) is 0 Å². The third-order valence-electron chi connectivity index (χ3n) is 3.21. The summed E-state index contributed by atoms with van der Waals surface area (Å²) < 4.78 is 0. The van der Waals surface area contributed by atoms with E-state index in [1.807, 2.05) is 0 Å². The molecule has 1 aromatic rings. The van der Waals surface area contributed by atoms with Gasteiger partial charge in [0.1, 0.15) is 0 Å². The molecule has 1 fully saturated rings. The van der Waals surface area contributed by atoms with Gasteiger partial charge in [-0.1, -0.05) is 30.3 Å². The summed E-state index contributed by atoms with van der Waals surface area (Å²) in [6.07, 6.45) is 1.29. The molecule has 1 saturated carbocycles. The molecule has 0 amide bonds. The van der Waals surface area contributed by atoms with Crippen LogP contribution in [0.5, 0.6) is 0 Å². The molecule has 1 aliphatic rings. The topological polar surface area (TPSA) is 24.1 Å². The van der Waals surface area contributed by atoms with Crippen LogP contribution < -0.4 is 10.6 Å². The molecule has 0 radical (unpaired) electrons. The highest BCUT2D eigenvalue weighted by atomic mass is 15.0. The maximum atomic E-state index is 3.62. The monoisotopic (exact) mass is 232 g/mol. The molecular formula is C15H24N2. The molecule has 2 N–H and O–H groups in total. The first-order valence-corrected chi connectivity index (χ1v) is 6.59. The van der Waals surface area contributed by atoms with Crippen LogP contribution >= 0.6 is 0 Å². The summed E-state index contributed by atoms with van der Waals surface area (Å²) in [4.78, 5) is 0. The molecule has 1 aromatic carbocycles. The van der Waals surface area contributed by atoms with Gasteiger partial charge < -0.3 is 10.6 Å². The zero-order valence-electron chi connectivity index (χ0n) is 11.2. The Morgan fingerprint density at radius 1 is 1.12 bits per heavy atom. The van der Waals surface area contributed by atoms with E-state index in [0.29, 0.717) is 6.04 Å². The van der Waals surface area contributed by atoms with E-state index in [1.54, 1.807) is 0 Å². The van der Waals surface area contributed by atoms with Gasteiger partial charge in [0.15, 0.2) is 0 Å². The van der Waals surface area contributed by atoms with Gasteiger partial charge >= 0.3 is 0 Å². The van der Waals surface area contributed by atoms with Gasteiger partial charge in [-0.15, -0.1) is 0 Å². The lowest BCUT2D eigenvalue weighted by Crippen LogP contribution is -2.40. The zero-order valence-corrected chi connectivity index (χ0v) is 11.2. The summed E-state index contributed by atoms with van der Waals surface area (Å²) >= 11 is 0. The quantitative estimate of drug-likeness (QED) is 0.762. The Bertz CT molecular complexity index is 340. The van der Waals surface area contributed by atoms with Crippen LogP contribution in [0.25, 0.3) is 0 Å². The number of benzene rings is 1. The smallest absolute Gasteiger partial charge is 0.0143 e. The Morgan fingerprint density at radius 2 is 1.82 bits per heavy atom. The van der Waals surface area contributed by atoms with E-state index < -0.39 is 0 Å². The maximum absolute atomic E-state index is 3.62. The first kappa shape index (κ1) is 12.6. The average Bonchev–Trinajstić information content (AvgIpc) is 3.04. The van der Waals surface area contributed by atoms with Crippen molar-refractivity contribution in [1.29, 1.82) is 0 Å². The van der Waals surface area contributed by atoms with Crippen molar-refractivity contribution >= 4 is 0 Å². The molecule has 0 bridgehead atoms. The Balaban J connectivity index is 1.64. The minimum Gasteiger partial charge on any atom is -0.312 e. The van der Waals surface area contributed by atoms with Crippen molar-refractivity contribution < 1.29 is 0 Å². The van der Waals surface area contributed by atoms with E-state index in [0.717, 1.165) is 19.0 Å². The van der Waals surface area contributed by atoms with Crippen LogP contribution in [0.4, 0.5) is 0 Å². The molecule has 1 aliphatic carbocycles. The molecule has 2 rings (SSSR count). The van der Waals surface area contributed by atoms with Crippen LogP contribution in [0.15, 0.2) is 30.3 Å². The molecule has 94 valence electrons. The van der Waals surface area contributed by atoms with Gasteiger partial charge in [-0.2, -0.15) is 0 Å². The van der Waals surface area contributed by atoms with Crippen molar-refractivity contribution in [3.05, 3.63) is 35.9 Å². The SMILES string of the molecule is CC(C)(C)NCCN[C@@H]1C[C@H]1c1ccccc1. The summed E-state index contributed by atoms with van der Waals surface area (Å²) in [5.74, 6) is 0.742. The summed E-state index contributed by atoms with van der Waals surface area (Å²) in [7, 11) is 0. The fourth-order valence-electron chi connectivity index (χ4n) is 2.18. The lowest BCUT2D eigenvalue weighted by molar-refractivity contribution is 0.421. The number of hydrogen-bond acceptors (Lipinski definition) is 2. The highest BCUT2D eigenvalue weighted by Gasteiger charge is 2.37.